The highest BCUT2D eigenvalue weighted by Crippen LogP contribution is 2.31. The summed E-state index contributed by atoms with van der Waals surface area (Å²) >= 11 is 0. The zero-order valence-corrected chi connectivity index (χ0v) is 16.6. The van der Waals surface area contributed by atoms with Crippen molar-refractivity contribution in [1.29, 1.82) is 0 Å². The van der Waals surface area contributed by atoms with Crippen LogP contribution >= 0.6 is 0 Å². The zero-order valence-electron chi connectivity index (χ0n) is 16.6. The Hall–Kier alpha value is -3.02. The van der Waals surface area contributed by atoms with Gasteiger partial charge in [-0.2, -0.15) is 5.10 Å². The highest BCUT2D eigenvalue weighted by Gasteiger charge is 2.13. The van der Waals surface area contributed by atoms with E-state index >= 15 is 0 Å². The molecule has 28 heavy (non-hydrogen) atoms. The van der Waals surface area contributed by atoms with Crippen LogP contribution in [0.15, 0.2) is 47.6 Å². The van der Waals surface area contributed by atoms with Crippen LogP contribution in [0.1, 0.15) is 42.6 Å². The van der Waals surface area contributed by atoms with Crippen molar-refractivity contribution in [2.24, 2.45) is 5.10 Å². The number of anilines is 1. The van der Waals surface area contributed by atoms with Crippen LogP contribution in [-0.4, -0.2) is 38.4 Å². The molecular weight excluding hydrogens is 354 g/mol. The maximum atomic E-state index is 12.4. The molecule has 148 valence electrons. The summed E-state index contributed by atoms with van der Waals surface area (Å²) in [5, 5.41) is 4.09. The molecule has 1 heterocycles. The molecule has 2 aromatic rings. The fourth-order valence-electron chi connectivity index (χ4n) is 3.18. The Bertz CT molecular complexity index is 825. The molecule has 0 bridgehead atoms. The van der Waals surface area contributed by atoms with E-state index in [1.807, 2.05) is 56.3 Å². The van der Waals surface area contributed by atoms with Crippen molar-refractivity contribution >= 4 is 17.8 Å². The summed E-state index contributed by atoms with van der Waals surface area (Å²) in [6, 6.07) is 13.2. The second-order valence-electron chi connectivity index (χ2n) is 6.99. The maximum Gasteiger partial charge on any atom is 0.271 e. The van der Waals surface area contributed by atoms with Crippen LogP contribution in [0.2, 0.25) is 0 Å². The lowest BCUT2D eigenvalue weighted by Gasteiger charge is -2.17. The molecule has 1 fully saturated rings. The van der Waals surface area contributed by atoms with Crippen molar-refractivity contribution in [3.8, 4) is 11.5 Å². The van der Waals surface area contributed by atoms with Gasteiger partial charge in [0.2, 0.25) is 0 Å². The lowest BCUT2D eigenvalue weighted by molar-refractivity contribution is 0.0955. The summed E-state index contributed by atoms with van der Waals surface area (Å²) < 4.78 is 11.2. The molecule has 3 rings (SSSR count). The molecule has 0 unspecified atom stereocenters. The van der Waals surface area contributed by atoms with Gasteiger partial charge in [0.1, 0.15) is 0 Å². The minimum atomic E-state index is -0.251. The Kier molecular flexibility index (Phi) is 6.53. The third-order valence-electron chi connectivity index (χ3n) is 4.55. The zero-order chi connectivity index (χ0) is 19.9. The molecular formula is C22H27N3O3. The first kappa shape index (κ1) is 19.7. The number of ether oxygens (including phenoxy) is 2. The number of carbonyl (C=O) groups excluding carboxylic acids is 1. The van der Waals surface area contributed by atoms with Gasteiger partial charge in [-0.3, -0.25) is 4.79 Å². The Morgan fingerprint density at radius 3 is 2.50 bits per heavy atom. The van der Waals surface area contributed by atoms with Crippen LogP contribution < -0.4 is 19.8 Å². The van der Waals surface area contributed by atoms with Gasteiger partial charge < -0.3 is 14.4 Å². The second kappa shape index (κ2) is 9.26. The van der Waals surface area contributed by atoms with E-state index in [0.29, 0.717) is 17.1 Å². The first-order valence-corrected chi connectivity index (χ1v) is 9.60. The standard InChI is InChI=1S/C22H27N3O3/c1-16(2)28-21-18(7-6-8-20(21)27-3)15-23-24-22(26)17-9-11-19(12-10-17)25-13-4-5-14-25/h6-12,15-16H,4-5,13-14H2,1-3H3,(H,24,26)/b23-15-. The van der Waals surface area contributed by atoms with Crippen LogP contribution in [0, 0.1) is 0 Å². The van der Waals surface area contributed by atoms with E-state index in [9.17, 15) is 4.79 Å². The first-order chi connectivity index (χ1) is 13.6. The monoisotopic (exact) mass is 381 g/mol. The minimum Gasteiger partial charge on any atom is -0.493 e. The van der Waals surface area contributed by atoms with Crippen molar-refractivity contribution in [2.45, 2.75) is 32.8 Å². The van der Waals surface area contributed by atoms with E-state index in [1.54, 1.807) is 13.3 Å². The topological polar surface area (TPSA) is 63.2 Å². The normalized spacial score (nSPS) is 13.9. The molecule has 6 heteroatoms. The SMILES string of the molecule is COc1cccc(/C=N\NC(=O)c2ccc(N3CCCC3)cc2)c1OC(C)C. The number of para-hydroxylation sites is 1. The molecule has 6 nitrogen and oxygen atoms in total. The van der Waals surface area contributed by atoms with Crippen LogP contribution in [-0.2, 0) is 0 Å². The third-order valence-corrected chi connectivity index (χ3v) is 4.55. The van der Waals surface area contributed by atoms with Crippen molar-refractivity contribution in [3.05, 3.63) is 53.6 Å². The van der Waals surface area contributed by atoms with Gasteiger partial charge >= 0.3 is 0 Å². The summed E-state index contributed by atoms with van der Waals surface area (Å²) in [6.45, 7) is 6.05. The number of nitrogens with zero attached hydrogens (tertiary/aromatic N) is 2. The Morgan fingerprint density at radius 2 is 1.86 bits per heavy atom. The predicted octanol–water partition coefficient (Wildman–Crippen LogP) is 3.85. The lowest BCUT2D eigenvalue weighted by atomic mass is 10.2. The third kappa shape index (κ3) is 4.82. The lowest BCUT2D eigenvalue weighted by Crippen LogP contribution is -2.19. The van der Waals surface area contributed by atoms with E-state index in [1.165, 1.54) is 12.8 Å². The summed E-state index contributed by atoms with van der Waals surface area (Å²) in [6.07, 6.45) is 4.01. The van der Waals surface area contributed by atoms with Gasteiger partial charge in [-0.05, 0) is 63.1 Å². The van der Waals surface area contributed by atoms with Gasteiger partial charge in [-0.25, -0.2) is 5.43 Å². The van der Waals surface area contributed by atoms with Crippen molar-refractivity contribution < 1.29 is 14.3 Å². The molecule has 1 aliphatic heterocycles. The van der Waals surface area contributed by atoms with Gasteiger partial charge in [-0.1, -0.05) is 6.07 Å². The van der Waals surface area contributed by atoms with Crippen molar-refractivity contribution in [3.63, 3.8) is 0 Å². The number of amides is 1. The smallest absolute Gasteiger partial charge is 0.271 e. The molecule has 1 N–H and O–H groups in total. The van der Waals surface area contributed by atoms with Gasteiger partial charge in [0, 0.05) is 29.9 Å². The molecule has 1 aliphatic rings. The molecule has 0 spiro atoms. The highest BCUT2D eigenvalue weighted by molar-refractivity contribution is 5.95. The molecule has 2 aromatic carbocycles. The van der Waals surface area contributed by atoms with Crippen LogP contribution in [0.5, 0.6) is 11.5 Å². The molecule has 1 saturated heterocycles. The quantitative estimate of drug-likeness (QED) is 0.585. The maximum absolute atomic E-state index is 12.4. The average Bonchev–Trinajstić information content (AvgIpc) is 3.23. The molecule has 0 aromatic heterocycles. The minimum absolute atomic E-state index is 0.00726. The Labute approximate surface area is 166 Å². The molecule has 0 radical (unpaired) electrons. The number of nitrogens with one attached hydrogen (secondary N) is 1. The van der Waals surface area contributed by atoms with E-state index in [2.05, 4.69) is 15.4 Å². The molecule has 1 amide bonds. The number of hydrogen-bond acceptors (Lipinski definition) is 5. The fraction of sp³-hybridized carbons (Fsp3) is 0.364. The van der Waals surface area contributed by atoms with Gasteiger partial charge in [0.15, 0.2) is 11.5 Å². The summed E-state index contributed by atoms with van der Waals surface area (Å²) in [7, 11) is 1.59. The van der Waals surface area contributed by atoms with E-state index in [-0.39, 0.29) is 12.0 Å². The number of hydrazone groups is 1. The van der Waals surface area contributed by atoms with Crippen molar-refractivity contribution in [2.75, 3.05) is 25.1 Å². The molecule has 0 saturated carbocycles. The predicted molar refractivity (Wildman–Crippen MR) is 112 cm³/mol. The van der Waals surface area contributed by atoms with Gasteiger partial charge in [-0.15, -0.1) is 0 Å². The first-order valence-electron chi connectivity index (χ1n) is 9.60. The fourth-order valence-corrected chi connectivity index (χ4v) is 3.18. The Balaban J connectivity index is 1.66. The van der Waals surface area contributed by atoms with Crippen LogP contribution in [0.3, 0.4) is 0 Å². The summed E-state index contributed by atoms with van der Waals surface area (Å²) in [5.74, 6) is 0.980. The van der Waals surface area contributed by atoms with E-state index < -0.39 is 0 Å². The van der Waals surface area contributed by atoms with E-state index in [4.69, 9.17) is 9.47 Å². The van der Waals surface area contributed by atoms with E-state index in [0.717, 1.165) is 24.3 Å². The second-order valence-corrected chi connectivity index (χ2v) is 6.99. The van der Waals surface area contributed by atoms with Crippen LogP contribution in [0.25, 0.3) is 0 Å². The van der Waals surface area contributed by atoms with Crippen molar-refractivity contribution in [1.82, 2.24) is 5.43 Å². The average molecular weight is 381 g/mol. The highest BCUT2D eigenvalue weighted by atomic mass is 16.5. The Morgan fingerprint density at radius 1 is 1.14 bits per heavy atom. The number of hydrogen-bond donors (Lipinski definition) is 1. The number of methoxy groups -OCH3 is 1. The summed E-state index contributed by atoms with van der Waals surface area (Å²) in [5.41, 5.74) is 5.04. The number of rotatable bonds is 7. The number of benzene rings is 2. The molecule has 0 atom stereocenters. The van der Waals surface area contributed by atoms with Gasteiger partial charge in [0.05, 0.1) is 19.4 Å². The number of carbonyl (C=O) groups is 1. The summed E-state index contributed by atoms with van der Waals surface area (Å²) in [4.78, 5) is 14.7. The van der Waals surface area contributed by atoms with Crippen LogP contribution in [0.4, 0.5) is 5.69 Å². The van der Waals surface area contributed by atoms with Gasteiger partial charge in [0.25, 0.3) is 5.91 Å². The molecule has 0 aliphatic carbocycles. The largest absolute Gasteiger partial charge is 0.493 e.